The van der Waals surface area contributed by atoms with Gasteiger partial charge >= 0.3 is 0 Å². The van der Waals surface area contributed by atoms with Crippen molar-refractivity contribution in [2.24, 2.45) is 4.99 Å². The fourth-order valence-corrected chi connectivity index (χ4v) is 2.75. The number of aryl methyl sites for hydroxylation is 1. The van der Waals surface area contributed by atoms with Gasteiger partial charge in [0.05, 0.1) is 33.1 Å². The number of hydrogen-bond acceptors (Lipinski definition) is 5. The molecule has 0 unspecified atom stereocenters. The molecule has 0 amide bonds. The Morgan fingerprint density at radius 2 is 1.89 bits per heavy atom. The van der Waals surface area contributed by atoms with Crippen molar-refractivity contribution in [2.75, 3.05) is 33.2 Å². The summed E-state index contributed by atoms with van der Waals surface area (Å²) in [5, 5.41) is 6.52. The molecule has 8 heteroatoms. The number of halogens is 1. The molecule has 0 saturated heterocycles. The first-order valence-corrected chi connectivity index (χ1v) is 8.81. The van der Waals surface area contributed by atoms with E-state index in [1.54, 1.807) is 21.3 Å². The van der Waals surface area contributed by atoms with Crippen LogP contribution in [0.5, 0.6) is 17.2 Å². The number of aromatic nitrogens is 1. The minimum atomic E-state index is 0. The zero-order valence-corrected chi connectivity index (χ0v) is 19.6. The molecular weight excluding hydrogens is 471 g/mol. The number of rotatable bonds is 7. The predicted octanol–water partition coefficient (Wildman–Crippen LogP) is 3.92. The largest absolute Gasteiger partial charge is 0.496 e. The molecule has 2 N–H and O–H groups in total. The molecule has 0 spiro atoms. The summed E-state index contributed by atoms with van der Waals surface area (Å²) >= 11 is 0. The lowest BCUT2D eigenvalue weighted by molar-refractivity contribution is 0.311. The monoisotopic (exact) mass is 500 g/mol. The molecule has 1 aromatic carbocycles. The summed E-state index contributed by atoms with van der Waals surface area (Å²) in [5.41, 5.74) is 3.78. The van der Waals surface area contributed by atoms with Crippen LogP contribution in [-0.4, -0.2) is 38.8 Å². The first-order valence-electron chi connectivity index (χ1n) is 8.81. The second-order valence-electron chi connectivity index (χ2n) is 5.90. The molecule has 0 radical (unpaired) electrons. The second-order valence-corrected chi connectivity index (χ2v) is 5.90. The molecule has 154 valence electrons. The Labute approximate surface area is 183 Å². The normalized spacial score (nSPS) is 10.7. The molecule has 0 aliphatic rings. The summed E-state index contributed by atoms with van der Waals surface area (Å²) in [7, 11) is 5.01. The van der Waals surface area contributed by atoms with Crippen LogP contribution in [0.1, 0.15) is 23.7 Å². The van der Waals surface area contributed by atoms with E-state index in [0.717, 1.165) is 28.3 Å². The van der Waals surface area contributed by atoms with E-state index in [0.29, 0.717) is 30.6 Å². The van der Waals surface area contributed by atoms with Crippen molar-refractivity contribution in [1.82, 2.24) is 10.3 Å². The molecule has 0 bridgehead atoms. The van der Waals surface area contributed by atoms with Crippen LogP contribution in [-0.2, 0) is 6.54 Å². The summed E-state index contributed by atoms with van der Waals surface area (Å²) in [6.45, 7) is 7.03. The van der Waals surface area contributed by atoms with E-state index >= 15 is 0 Å². The van der Waals surface area contributed by atoms with Crippen LogP contribution in [0.25, 0.3) is 0 Å². The van der Waals surface area contributed by atoms with Crippen molar-refractivity contribution in [2.45, 2.75) is 27.3 Å². The quantitative estimate of drug-likeness (QED) is 0.341. The van der Waals surface area contributed by atoms with Crippen LogP contribution in [0.15, 0.2) is 29.4 Å². The number of benzene rings is 1. The maximum absolute atomic E-state index is 5.55. The average Bonchev–Trinajstić information content (AvgIpc) is 2.67. The van der Waals surface area contributed by atoms with Gasteiger partial charge in [-0.2, -0.15) is 0 Å². The highest BCUT2D eigenvalue weighted by Crippen LogP contribution is 2.30. The molecule has 1 aromatic heterocycles. The van der Waals surface area contributed by atoms with Gasteiger partial charge in [0.15, 0.2) is 17.5 Å². The van der Waals surface area contributed by atoms with Crippen LogP contribution in [0.4, 0.5) is 5.69 Å². The summed E-state index contributed by atoms with van der Waals surface area (Å²) < 4.78 is 16.4. The van der Waals surface area contributed by atoms with Gasteiger partial charge in [0, 0.05) is 36.1 Å². The zero-order valence-electron chi connectivity index (χ0n) is 17.3. The Morgan fingerprint density at radius 1 is 1.14 bits per heavy atom. The number of pyridine rings is 1. The van der Waals surface area contributed by atoms with Gasteiger partial charge in [0.25, 0.3) is 0 Å². The highest BCUT2D eigenvalue weighted by atomic mass is 127. The van der Waals surface area contributed by atoms with Crippen LogP contribution in [0.3, 0.4) is 0 Å². The highest BCUT2D eigenvalue weighted by molar-refractivity contribution is 14.0. The summed E-state index contributed by atoms with van der Waals surface area (Å²) in [4.78, 5) is 8.76. The lowest BCUT2D eigenvalue weighted by Crippen LogP contribution is -2.30. The van der Waals surface area contributed by atoms with Crippen molar-refractivity contribution >= 4 is 35.6 Å². The Bertz CT molecular complexity index is 812. The van der Waals surface area contributed by atoms with E-state index in [1.165, 1.54) is 0 Å². The van der Waals surface area contributed by atoms with E-state index in [2.05, 4.69) is 20.6 Å². The second kappa shape index (κ2) is 11.6. The van der Waals surface area contributed by atoms with E-state index in [4.69, 9.17) is 14.2 Å². The first kappa shape index (κ1) is 23.8. The SMILES string of the molecule is CCOc1ccc(NC(=NC)NCc2ncc(C)c(OC)c2C)cc1OC.I. The lowest BCUT2D eigenvalue weighted by Gasteiger charge is -2.16. The fraction of sp³-hybridized carbons (Fsp3) is 0.400. The molecule has 0 saturated carbocycles. The number of nitrogens with one attached hydrogen (secondary N) is 2. The maximum atomic E-state index is 5.55. The van der Waals surface area contributed by atoms with E-state index < -0.39 is 0 Å². The standard InChI is InChI=1S/C20H28N4O3.HI/c1-7-27-17-9-8-15(10-18(17)25-5)24-20(21-4)23-12-16-14(3)19(26-6)13(2)11-22-16;/h8-11H,7,12H2,1-6H3,(H2,21,23,24);1H. The average molecular weight is 500 g/mol. The Kier molecular flexibility index (Phi) is 9.84. The number of hydrogen-bond donors (Lipinski definition) is 2. The Morgan fingerprint density at radius 3 is 2.50 bits per heavy atom. The topological polar surface area (TPSA) is 77.0 Å². The van der Waals surface area contributed by atoms with Gasteiger partial charge < -0.3 is 24.8 Å². The van der Waals surface area contributed by atoms with Gasteiger partial charge in [-0.15, -0.1) is 24.0 Å². The fourth-order valence-electron chi connectivity index (χ4n) is 2.75. The first-order chi connectivity index (χ1) is 13.0. The van der Waals surface area contributed by atoms with Gasteiger partial charge in [0.2, 0.25) is 0 Å². The van der Waals surface area contributed by atoms with Crippen molar-refractivity contribution in [1.29, 1.82) is 0 Å². The molecule has 0 atom stereocenters. The van der Waals surface area contributed by atoms with Gasteiger partial charge in [-0.1, -0.05) is 0 Å². The summed E-state index contributed by atoms with van der Waals surface area (Å²) in [5.74, 6) is 2.86. The summed E-state index contributed by atoms with van der Waals surface area (Å²) in [6, 6.07) is 5.66. The van der Waals surface area contributed by atoms with Crippen molar-refractivity contribution in [3.05, 3.63) is 41.2 Å². The van der Waals surface area contributed by atoms with Crippen LogP contribution in [0, 0.1) is 13.8 Å². The number of aliphatic imine (C=N–C) groups is 1. The van der Waals surface area contributed by atoms with Gasteiger partial charge in [-0.05, 0) is 32.9 Å². The minimum Gasteiger partial charge on any atom is -0.496 e. The van der Waals surface area contributed by atoms with Crippen molar-refractivity contribution in [3.8, 4) is 17.2 Å². The lowest BCUT2D eigenvalue weighted by atomic mass is 10.1. The molecule has 2 rings (SSSR count). The zero-order chi connectivity index (χ0) is 19.8. The van der Waals surface area contributed by atoms with Crippen LogP contribution < -0.4 is 24.8 Å². The minimum absolute atomic E-state index is 0. The third-order valence-corrected chi connectivity index (χ3v) is 4.12. The molecule has 2 aromatic rings. The Hall–Kier alpha value is -2.23. The molecule has 28 heavy (non-hydrogen) atoms. The molecular formula is C20H29IN4O3. The Balaban J connectivity index is 0.00000392. The number of nitrogens with zero attached hydrogens (tertiary/aromatic N) is 2. The van der Waals surface area contributed by atoms with Crippen molar-refractivity contribution < 1.29 is 14.2 Å². The third kappa shape index (κ3) is 5.88. The number of ether oxygens (including phenoxy) is 3. The summed E-state index contributed by atoms with van der Waals surface area (Å²) in [6.07, 6.45) is 1.82. The van der Waals surface area contributed by atoms with Gasteiger partial charge in [-0.3, -0.25) is 9.98 Å². The smallest absolute Gasteiger partial charge is 0.195 e. The maximum Gasteiger partial charge on any atom is 0.195 e. The molecule has 0 fully saturated rings. The number of methoxy groups -OCH3 is 2. The van der Waals surface area contributed by atoms with E-state index in [9.17, 15) is 0 Å². The third-order valence-electron chi connectivity index (χ3n) is 4.12. The van der Waals surface area contributed by atoms with Gasteiger partial charge in [0.1, 0.15) is 5.75 Å². The molecule has 0 aliphatic carbocycles. The predicted molar refractivity (Wildman–Crippen MR) is 124 cm³/mol. The molecule has 0 aliphatic heterocycles. The van der Waals surface area contributed by atoms with Crippen LogP contribution >= 0.6 is 24.0 Å². The molecule has 7 nitrogen and oxygen atoms in total. The number of guanidine groups is 1. The van der Waals surface area contributed by atoms with E-state index in [-0.39, 0.29) is 24.0 Å². The van der Waals surface area contributed by atoms with Gasteiger partial charge in [-0.25, -0.2) is 0 Å². The highest BCUT2D eigenvalue weighted by Gasteiger charge is 2.11. The van der Waals surface area contributed by atoms with E-state index in [1.807, 2.05) is 45.2 Å². The molecule has 1 heterocycles. The number of anilines is 1. The van der Waals surface area contributed by atoms with Crippen LogP contribution in [0.2, 0.25) is 0 Å². The van der Waals surface area contributed by atoms with Crippen molar-refractivity contribution in [3.63, 3.8) is 0 Å².